The third kappa shape index (κ3) is 4.94. The molecule has 0 amide bonds. The smallest absolute Gasteiger partial charge is 0.122 e. The van der Waals surface area contributed by atoms with Gasteiger partial charge in [-0.3, -0.25) is 0 Å². The summed E-state index contributed by atoms with van der Waals surface area (Å²) in [6.45, 7) is 0. The fourth-order valence-electron chi connectivity index (χ4n) is 0.344. The predicted octanol–water partition coefficient (Wildman–Crippen LogP) is -1.41. The van der Waals surface area contributed by atoms with Crippen LogP contribution in [0, 0.1) is 0 Å². The molecule has 0 unspecified atom stereocenters. The summed E-state index contributed by atoms with van der Waals surface area (Å²) in [7, 11) is 1.80. The highest BCUT2D eigenvalue weighted by Gasteiger charge is 1.79. The molecule has 38 valence electrons. The van der Waals surface area contributed by atoms with Gasteiger partial charge in [-0.25, -0.2) is 0 Å². The van der Waals surface area contributed by atoms with Crippen molar-refractivity contribution in [3.63, 3.8) is 0 Å². The highest BCUT2D eigenvalue weighted by Crippen LogP contribution is 1.79. The number of halogens is 1. The van der Waals surface area contributed by atoms with Gasteiger partial charge in [0, 0.05) is 9.52 Å². The Hall–Kier alpha value is 0.941. The fraction of sp³-hybridized carbons (Fsp3) is 1.00. The molecule has 0 aromatic rings. The van der Waals surface area contributed by atoms with E-state index in [0.29, 0.717) is 9.52 Å². The lowest BCUT2D eigenvalue weighted by molar-refractivity contribution is 1.91. The molecule has 0 aromatic carbocycles. The van der Waals surface area contributed by atoms with E-state index in [1.165, 1.54) is 15.9 Å². The minimum absolute atomic E-state index is 0.0408. The van der Waals surface area contributed by atoms with Crippen LogP contribution in [0.4, 0.5) is 0 Å². The van der Waals surface area contributed by atoms with E-state index >= 15 is 0 Å². The van der Waals surface area contributed by atoms with Crippen LogP contribution in [0.1, 0.15) is 0 Å². The Labute approximate surface area is 51.4 Å². The lowest BCUT2D eigenvalue weighted by Gasteiger charge is -1.82. The highest BCUT2D eigenvalue weighted by atomic mass is 35.6. The molecule has 6 heavy (non-hydrogen) atoms. The Morgan fingerprint density at radius 3 is 2.50 bits per heavy atom. The summed E-state index contributed by atoms with van der Waals surface area (Å²) in [5.74, 6) is 0. The molecule has 0 spiro atoms. The van der Waals surface area contributed by atoms with Crippen molar-refractivity contribution in [1.82, 2.24) is 0 Å². The molecule has 4 heteroatoms. The van der Waals surface area contributed by atoms with Crippen LogP contribution in [0.3, 0.4) is 0 Å². The Morgan fingerprint density at radius 2 is 2.33 bits per heavy atom. The van der Waals surface area contributed by atoms with Crippen molar-refractivity contribution >= 4 is 39.7 Å². The van der Waals surface area contributed by atoms with Gasteiger partial charge in [-0.15, -0.1) is 0 Å². The average Bonchev–Trinajstić information content (AvgIpc) is 1.61. The van der Waals surface area contributed by atoms with Gasteiger partial charge in [-0.05, 0) is 10.2 Å². The van der Waals surface area contributed by atoms with Gasteiger partial charge in [-0.2, -0.15) is 11.1 Å². The van der Waals surface area contributed by atoms with Crippen LogP contribution in [-0.4, -0.2) is 28.6 Å². The second-order valence-corrected chi connectivity index (χ2v) is 10.4. The summed E-state index contributed by atoms with van der Waals surface area (Å²) in [5.41, 5.74) is 3.07. The molecular formula is C2H11ClSi3. The van der Waals surface area contributed by atoms with Crippen LogP contribution in [0.25, 0.3) is 0 Å². The minimum Gasteiger partial charge on any atom is -0.176 e. The summed E-state index contributed by atoms with van der Waals surface area (Å²) < 4.78 is 0. The first-order chi connectivity index (χ1) is 2.91. The van der Waals surface area contributed by atoms with Crippen molar-refractivity contribution in [3.8, 4) is 0 Å². The van der Waals surface area contributed by atoms with Gasteiger partial charge >= 0.3 is 0 Å². The number of hydrogen-bond donors (Lipinski definition) is 0. The van der Waals surface area contributed by atoms with Gasteiger partial charge in [0.2, 0.25) is 0 Å². The molecule has 0 nitrogen and oxygen atoms in total. The Kier molecular flexibility index (Phi) is 6.87. The third-order valence-corrected chi connectivity index (χ3v) is 9.04. The largest absolute Gasteiger partial charge is 0.176 e. The van der Waals surface area contributed by atoms with Gasteiger partial charge in [0.15, 0.2) is 0 Å². The summed E-state index contributed by atoms with van der Waals surface area (Å²) in [5, 5.41) is 0. The number of hydrogen-bond acceptors (Lipinski definition) is 0. The lowest BCUT2D eigenvalue weighted by atomic mass is 11.8. The molecule has 0 fully saturated rings. The molecule has 0 radical (unpaired) electrons. The maximum Gasteiger partial charge on any atom is 0.122 e. The normalized spacial score (nSPS) is 13.5. The standard InChI is InChI=1S/C2H11ClSi3/c3-6-2-5-1-4/h1-2,5-6H2,4H3. The van der Waals surface area contributed by atoms with E-state index in [1.807, 2.05) is 0 Å². The molecular weight excluding hydrogens is 144 g/mol. The predicted molar refractivity (Wildman–Crippen MR) is 42.5 cm³/mol. The van der Waals surface area contributed by atoms with E-state index in [1.54, 1.807) is 5.67 Å². The molecule has 0 heterocycles. The van der Waals surface area contributed by atoms with Crippen LogP contribution in [0.2, 0.25) is 11.3 Å². The van der Waals surface area contributed by atoms with Gasteiger partial charge in [0.25, 0.3) is 0 Å². The monoisotopic (exact) mass is 154 g/mol. The highest BCUT2D eigenvalue weighted by molar-refractivity contribution is 6.97. The molecule has 0 saturated heterocycles. The topological polar surface area (TPSA) is 0 Å². The second-order valence-electron chi connectivity index (χ2n) is 1.40. The van der Waals surface area contributed by atoms with Crippen molar-refractivity contribution < 1.29 is 0 Å². The van der Waals surface area contributed by atoms with Crippen LogP contribution < -0.4 is 0 Å². The van der Waals surface area contributed by atoms with E-state index < -0.39 is 0 Å². The van der Waals surface area contributed by atoms with Crippen molar-refractivity contribution in [2.24, 2.45) is 0 Å². The Morgan fingerprint density at radius 1 is 1.67 bits per heavy atom. The number of rotatable bonds is 3. The first-order valence-electron chi connectivity index (χ1n) is 2.47. The molecule has 0 saturated carbocycles. The van der Waals surface area contributed by atoms with Crippen LogP contribution in [0.5, 0.6) is 0 Å². The molecule has 0 N–H and O–H groups in total. The van der Waals surface area contributed by atoms with Crippen LogP contribution in [-0.2, 0) is 0 Å². The average molecular weight is 155 g/mol. The molecule has 0 bridgehead atoms. The van der Waals surface area contributed by atoms with E-state index in [-0.39, 0.29) is 8.83 Å². The van der Waals surface area contributed by atoms with Crippen molar-refractivity contribution in [1.29, 1.82) is 0 Å². The first-order valence-corrected chi connectivity index (χ1v) is 9.03. The third-order valence-electron chi connectivity index (χ3n) is 0.737. The van der Waals surface area contributed by atoms with E-state index in [0.717, 1.165) is 0 Å². The maximum atomic E-state index is 5.57. The van der Waals surface area contributed by atoms with Crippen molar-refractivity contribution in [2.45, 2.75) is 11.3 Å². The summed E-state index contributed by atoms with van der Waals surface area (Å²) in [4.78, 5) is 0. The Balaban J connectivity index is 2.34. The Bertz CT molecular complexity index is 20.8. The molecule has 0 aliphatic heterocycles. The molecule has 0 aliphatic carbocycles. The van der Waals surface area contributed by atoms with Gasteiger partial charge in [0.1, 0.15) is 8.83 Å². The quantitative estimate of drug-likeness (QED) is 0.267. The molecule has 0 aromatic heterocycles. The molecule has 0 rings (SSSR count). The summed E-state index contributed by atoms with van der Waals surface area (Å²) in [6.07, 6.45) is 0. The molecule has 0 atom stereocenters. The zero-order valence-electron chi connectivity index (χ0n) is 4.21. The zero-order valence-corrected chi connectivity index (χ0v) is 9.79. The van der Waals surface area contributed by atoms with E-state index in [2.05, 4.69) is 0 Å². The van der Waals surface area contributed by atoms with E-state index in [4.69, 9.17) is 11.1 Å². The van der Waals surface area contributed by atoms with Crippen LogP contribution in [0.15, 0.2) is 0 Å². The molecule has 0 aliphatic rings. The zero-order chi connectivity index (χ0) is 4.83. The maximum absolute atomic E-state index is 5.57. The van der Waals surface area contributed by atoms with Crippen LogP contribution >= 0.6 is 11.1 Å². The summed E-state index contributed by atoms with van der Waals surface area (Å²) in [6, 6.07) is 0. The minimum atomic E-state index is -0.0408. The SMILES string of the molecule is [SiH3]C[SiH2]C[SiH2]Cl. The van der Waals surface area contributed by atoms with Crippen molar-refractivity contribution in [2.75, 3.05) is 0 Å². The van der Waals surface area contributed by atoms with Gasteiger partial charge in [0.05, 0.1) is 0 Å². The van der Waals surface area contributed by atoms with Crippen molar-refractivity contribution in [3.05, 3.63) is 0 Å². The first kappa shape index (κ1) is 6.94. The van der Waals surface area contributed by atoms with E-state index in [9.17, 15) is 0 Å². The lowest BCUT2D eigenvalue weighted by Crippen LogP contribution is -1.89. The summed E-state index contributed by atoms with van der Waals surface area (Å²) >= 11 is 5.57. The fourth-order valence-corrected chi connectivity index (χ4v) is 9.30. The van der Waals surface area contributed by atoms with Gasteiger partial charge < -0.3 is 0 Å². The van der Waals surface area contributed by atoms with Gasteiger partial charge in [-0.1, -0.05) is 11.3 Å². The second kappa shape index (κ2) is 5.94.